The van der Waals surface area contributed by atoms with Gasteiger partial charge in [-0.05, 0) is 74.7 Å². The number of H-pyrrole nitrogens is 1. The van der Waals surface area contributed by atoms with Crippen molar-refractivity contribution in [1.29, 1.82) is 0 Å². The van der Waals surface area contributed by atoms with Crippen molar-refractivity contribution in [3.05, 3.63) is 24.0 Å². The highest BCUT2D eigenvalue weighted by atomic mass is 16.5. The average Bonchev–Trinajstić information content (AvgIpc) is 3.23. The highest BCUT2D eigenvalue weighted by Crippen LogP contribution is 2.56. The lowest BCUT2D eigenvalue weighted by atomic mass is 9.52. The van der Waals surface area contributed by atoms with Crippen LogP contribution in [0, 0.1) is 23.7 Å². The normalized spacial score (nSPS) is 34.9. The lowest BCUT2D eigenvalue weighted by Gasteiger charge is -2.58. The molecule has 2 aromatic rings. The number of anilines is 1. The van der Waals surface area contributed by atoms with Crippen LogP contribution in [0.3, 0.4) is 0 Å². The molecule has 4 bridgehead atoms. The topological polar surface area (TPSA) is 99.3 Å². The van der Waals surface area contributed by atoms with Crippen molar-refractivity contribution < 1.29 is 14.6 Å². The number of nitrogens with one attached hydrogen (secondary N) is 3. The summed E-state index contributed by atoms with van der Waals surface area (Å²) >= 11 is 0. The number of pyridine rings is 1. The molecule has 0 spiro atoms. The average molecular weight is 425 g/mol. The van der Waals surface area contributed by atoms with Crippen LogP contribution in [-0.4, -0.2) is 52.4 Å². The van der Waals surface area contributed by atoms with Crippen molar-refractivity contribution in [2.45, 2.75) is 56.6 Å². The van der Waals surface area contributed by atoms with Crippen molar-refractivity contribution >= 4 is 22.6 Å². The second kappa shape index (κ2) is 7.48. The monoisotopic (exact) mass is 424 g/mol. The molecule has 5 fully saturated rings. The van der Waals surface area contributed by atoms with E-state index in [4.69, 9.17) is 4.74 Å². The van der Waals surface area contributed by atoms with Gasteiger partial charge in [0, 0.05) is 43.6 Å². The Balaban J connectivity index is 1.26. The Morgan fingerprint density at radius 2 is 2.00 bits per heavy atom. The minimum atomic E-state index is -0.458. The fourth-order valence-corrected chi connectivity index (χ4v) is 7.00. The van der Waals surface area contributed by atoms with Crippen LogP contribution in [0.1, 0.15) is 55.3 Å². The van der Waals surface area contributed by atoms with Crippen molar-refractivity contribution in [2.24, 2.45) is 23.7 Å². The molecule has 2 aromatic heterocycles. The zero-order chi connectivity index (χ0) is 21.0. The Bertz CT molecular complexity index is 966. The number of hydrogen-bond donors (Lipinski definition) is 4. The molecule has 31 heavy (non-hydrogen) atoms. The third-order valence-corrected chi connectivity index (χ3v) is 8.28. The zero-order valence-corrected chi connectivity index (χ0v) is 17.9. The Labute approximate surface area is 182 Å². The van der Waals surface area contributed by atoms with Gasteiger partial charge in [0.1, 0.15) is 5.65 Å². The van der Waals surface area contributed by atoms with Crippen LogP contribution in [0.2, 0.25) is 0 Å². The first kappa shape index (κ1) is 19.6. The summed E-state index contributed by atoms with van der Waals surface area (Å²) in [4.78, 5) is 20.9. The zero-order valence-electron chi connectivity index (χ0n) is 17.9. The van der Waals surface area contributed by atoms with Crippen molar-refractivity contribution in [3.8, 4) is 0 Å². The number of aromatic amines is 1. The Morgan fingerprint density at radius 3 is 2.74 bits per heavy atom. The van der Waals surface area contributed by atoms with E-state index in [1.807, 2.05) is 12.3 Å². The molecule has 4 saturated carbocycles. The molecule has 1 saturated heterocycles. The molecule has 7 heteroatoms. The molecular formula is C24H32N4O3. The first-order chi connectivity index (χ1) is 15.1. The first-order valence-corrected chi connectivity index (χ1v) is 11.9. The van der Waals surface area contributed by atoms with E-state index >= 15 is 0 Å². The van der Waals surface area contributed by atoms with Gasteiger partial charge in [0.15, 0.2) is 0 Å². The molecule has 4 N–H and O–H groups in total. The van der Waals surface area contributed by atoms with Gasteiger partial charge in [0.25, 0.3) is 5.91 Å². The van der Waals surface area contributed by atoms with Gasteiger partial charge in [-0.1, -0.05) is 0 Å². The lowest BCUT2D eigenvalue weighted by molar-refractivity contribution is -0.129. The Hall–Kier alpha value is -2.12. The third kappa shape index (κ3) is 3.52. The number of carbonyl (C=O) groups excluding carboxylic acids is 1. The van der Waals surface area contributed by atoms with E-state index in [2.05, 4.69) is 20.6 Å². The molecule has 3 heterocycles. The minimum absolute atomic E-state index is 0.0629. The van der Waals surface area contributed by atoms with Gasteiger partial charge < -0.3 is 25.5 Å². The quantitative estimate of drug-likeness (QED) is 0.591. The van der Waals surface area contributed by atoms with E-state index < -0.39 is 5.60 Å². The summed E-state index contributed by atoms with van der Waals surface area (Å²) in [6.07, 6.45) is 10.7. The second-order valence-corrected chi connectivity index (χ2v) is 10.4. The maximum atomic E-state index is 13.2. The summed E-state index contributed by atoms with van der Waals surface area (Å²) in [7, 11) is 0. The number of aromatic nitrogens is 2. The van der Waals surface area contributed by atoms with Gasteiger partial charge in [-0.2, -0.15) is 0 Å². The largest absolute Gasteiger partial charge is 0.390 e. The molecule has 5 aliphatic rings. The SMILES string of the molecule is O=C(NCC1CCOCC1)c1cnc2[nH]ccc2c1NC1C2CC3CC1CC(O)(C3)C2. The molecule has 7 rings (SSSR count). The maximum Gasteiger partial charge on any atom is 0.254 e. The number of amides is 1. The number of fused-ring (bicyclic) bond motifs is 1. The van der Waals surface area contributed by atoms with Gasteiger partial charge in [-0.25, -0.2) is 4.98 Å². The van der Waals surface area contributed by atoms with E-state index in [1.165, 1.54) is 12.8 Å². The fraction of sp³-hybridized carbons (Fsp3) is 0.667. The van der Waals surface area contributed by atoms with E-state index in [-0.39, 0.29) is 5.91 Å². The molecule has 1 aliphatic heterocycles. The second-order valence-electron chi connectivity index (χ2n) is 10.4. The Kier molecular flexibility index (Phi) is 4.72. The number of ether oxygens (including phenoxy) is 1. The highest BCUT2D eigenvalue weighted by Gasteiger charge is 2.54. The van der Waals surface area contributed by atoms with Crippen molar-refractivity contribution in [3.63, 3.8) is 0 Å². The number of aliphatic hydroxyl groups is 1. The molecule has 1 amide bonds. The molecule has 166 valence electrons. The molecule has 2 atom stereocenters. The molecule has 2 unspecified atom stereocenters. The number of nitrogens with zero attached hydrogens (tertiary/aromatic N) is 1. The van der Waals surface area contributed by atoms with Crippen molar-refractivity contribution in [2.75, 3.05) is 25.1 Å². The minimum Gasteiger partial charge on any atom is -0.390 e. The predicted octanol–water partition coefficient (Wildman–Crippen LogP) is 3.07. The van der Waals surface area contributed by atoms with Crippen LogP contribution in [0.15, 0.2) is 18.5 Å². The van der Waals surface area contributed by atoms with Crippen LogP contribution >= 0.6 is 0 Å². The summed E-state index contributed by atoms with van der Waals surface area (Å²) < 4.78 is 5.43. The summed E-state index contributed by atoms with van der Waals surface area (Å²) in [5.74, 6) is 2.01. The molecule has 0 aromatic carbocycles. The van der Waals surface area contributed by atoms with Crippen LogP contribution in [0.25, 0.3) is 11.0 Å². The first-order valence-electron chi connectivity index (χ1n) is 11.9. The number of carbonyl (C=O) groups is 1. The number of rotatable bonds is 5. The summed E-state index contributed by atoms with van der Waals surface area (Å²) in [5.41, 5.74) is 1.85. The van der Waals surface area contributed by atoms with Crippen LogP contribution in [-0.2, 0) is 4.74 Å². The third-order valence-electron chi connectivity index (χ3n) is 8.28. The van der Waals surface area contributed by atoms with Crippen molar-refractivity contribution in [1.82, 2.24) is 15.3 Å². The van der Waals surface area contributed by atoms with E-state index in [1.54, 1.807) is 6.20 Å². The Morgan fingerprint density at radius 1 is 1.23 bits per heavy atom. The summed E-state index contributed by atoms with van der Waals surface area (Å²) in [6.45, 7) is 2.24. The van der Waals surface area contributed by atoms with E-state index in [0.29, 0.717) is 41.8 Å². The van der Waals surface area contributed by atoms with Gasteiger partial charge in [-0.15, -0.1) is 0 Å². The maximum absolute atomic E-state index is 13.2. The van der Waals surface area contributed by atoms with Crippen LogP contribution < -0.4 is 10.6 Å². The number of hydrogen-bond acceptors (Lipinski definition) is 5. The van der Waals surface area contributed by atoms with Crippen LogP contribution in [0.5, 0.6) is 0 Å². The molecular weight excluding hydrogens is 392 g/mol. The van der Waals surface area contributed by atoms with E-state index in [9.17, 15) is 9.90 Å². The predicted molar refractivity (Wildman–Crippen MR) is 118 cm³/mol. The molecule has 4 aliphatic carbocycles. The summed E-state index contributed by atoms with van der Waals surface area (Å²) in [6, 6.07) is 2.31. The van der Waals surface area contributed by atoms with Gasteiger partial charge in [0.05, 0.1) is 16.9 Å². The summed E-state index contributed by atoms with van der Waals surface area (Å²) in [5, 5.41) is 18.9. The lowest BCUT2D eigenvalue weighted by Crippen LogP contribution is -2.59. The van der Waals surface area contributed by atoms with Gasteiger partial charge >= 0.3 is 0 Å². The smallest absolute Gasteiger partial charge is 0.254 e. The fourth-order valence-electron chi connectivity index (χ4n) is 7.00. The van der Waals surface area contributed by atoms with Crippen LogP contribution in [0.4, 0.5) is 5.69 Å². The van der Waals surface area contributed by atoms with Gasteiger partial charge in [0.2, 0.25) is 0 Å². The molecule has 0 radical (unpaired) electrons. The standard InChI is InChI=1S/C24H32N4O3/c29-23(27-12-14-2-5-31-6-3-14)19-13-26-22-18(1-4-25-22)21(19)28-20-16-7-15-8-17(20)11-24(30,9-15)10-16/h1,4,13-17,20,30H,2-3,5-12H2,(H,27,29)(H2,25,26,28). The van der Waals surface area contributed by atoms with Gasteiger partial charge in [-0.3, -0.25) is 4.79 Å². The molecule has 7 nitrogen and oxygen atoms in total. The highest BCUT2D eigenvalue weighted by molar-refractivity contribution is 6.06. The van der Waals surface area contributed by atoms with E-state index in [0.717, 1.165) is 62.0 Å².